The maximum Gasteiger partial charge on any atom is 0.416 e. The molecule has 5 nitrogen and oxygen atoms in total. The van der Waals surface area contributed by atoms with Gasteiger partial charge in [0, 0.05) is 5.69 Å². The van der Waals surface area contributed by atoms with Crippen LogP contribution in [0.15, 0.2) is 47.4 Å². The number of amides is 1. The molecule has 0 spiro atoms. The van der Waals surface area contributed by atoms with Crippen LogP contribution in [0.5, 0.6) is 0 Å². The maximum atomic E-state index is 12.7. The zero-order chi connectivity index (χ0) is 18.1. The summed E-state index contributed by atoms with van der Waals surface area (Å²) in [4.78, 5) is 10.6. The van der Waals surface area contributed by atoms with Crippen molar-refractivity contribution in [1.82, 2.24) is 0 Å². The molecule has 10 heteroatoms. The van der Waals surface area contributed by atoms with E-state index in [1.807, 2.05) is 0 Å². The van der Waals surface area contributed by atoms with Gasteiger partial charge in [0.15, 0.2) is 0 Å². The van der Waals surface area contributed by atoms with E-state index in [-0.39, 0.29) is 16.3 Å². The van der Waals surface area contributed by atoms with Gasteiger partial charge >= 0.3 is 6.18 Å². The number of rotatable bonds is 4. The van der Waals surface area contributed by atoms with E-state index in [4.69, 9.17) is 17.3 Å². The molecule has 0 atom stereocenters. The Hall–Kier alpha value is -2.26. The van der Waals surface area contributed by atoms with E-state index >= 15 is 0 Å². The van der Waals surface area contributed by atoms with Gasteiger partial charge in [0.05, 0.1) is 21.0 Å². The minimum Gasteiger partial charge on any atom is -0.366 e. The molecule has 24 heavy (non-hydrogen) atoms. The largest absolute Gasteiger partial charge is 0.416 e. The number of halogens is 4. The maximum absolute atomic E-state index is 12.7. The highest BCUT2D eigenvalue weighted by molar-refractivity contribution is 7.92. The van der Waals surface area contributed by atoms with Crippen molar-refractivity contribution in [3.05, 3.63) is 58.6 Å². The Morgan fingerprint density at radius 2 is 1.79 bits per heavy atom. The molecule has 0 saturated carbocycles. The predicted molar refractivity (Wildman–Crippen MR) is 82.2 cm³/mol. The van der Waals surface area contributed by atoms with E-state index in [0.29, 0.717) is 6.07 Å². The third-order valence-corrected chi connectivity index (χ3v) is 4.66. The van der Waals surface area contributed by atoms with E-state index in [0.717, 1.165) is 24.3 Å². The fraction of sp³-hybridized carbons (Fsp3) is 0.0714. The van der Waals surface area contributed by atoms with Crippen molar-refractivity contribution in [2.24, 2.45) is 5.73 Å². The molecule has 0 fully saturated rings. The van der Waals surface area contributed by atoms with Gasteiger partial charge in [-0.1, -0.05) is 17.7 Å². The summed E-state index contributed by atoms with van der Waals surface area (Å²) in [6, 6.07) is 6.84. The number of primary amides is 1. The third kappa shape index (κ3) is 3.98. The van der Waals surface area contributed by atoms with Crippen LogP contribution in [-0.4, -0.2) is 14.3 Å². The smallest absolute Gasteiger partial charge is 0.366 e. The van der Waals surface area contributed by atoms with E-state index in [1.54, 1.807) is 0 Å². The average Bonchev–Trinajstić information content (AvgIpc) is 2.48. The molecule has 0 heterocycles. The van der Waals surface area contributed by atoms with Crippen LogP contribution in [0.2, 0.25) is 5.02 Å². The van der Waals surface area contributed by atoms with E-state index in [2.05, 4.69) is 4.72 Å². The summed E-state index contributed by atoms with van der Waals surface area (Å²) in [5.41, 5.74) is 3.81. The molecular weight excluding hydrogens is 369 g/mol. The summed E-state index contributed by atoms with van der Waals surface area (Å²) < 4.78 is 64.6. The molecule has 2 aromatic rings. The van der Waals surface area contributed by atoms with Crippen LogP contribution in [0.1, 0.15) is 15.9 Å². The number of nitrogens with one attached hydrogen (secondary N) is 1. The normalized spacial score (nSPS) is 12.0. The van der Waals surface area contributed by atoms with Crippen molar-refractivity contribution < 1.29 is 26.4 Å². The van der Waals surface area contributed by atoms with Crippen molar-refractivity contribution in [1.29, 1.82) is 0 Å². The van der Waals surface area contributed by atoms with Gasteiger partial charge in [0.25, 0.3) is 10.0 Å². The van der Waals surface area contributed by atoms with Crippen LogP contribution in [0.3, 0.4) is 0 Å². The van der Waals surface area contributed by atoms with Crippen molar-refractivity contribution >= 4 is 33.2 Å². The van der Waals surface area contributed by atoms with Crippen LogP contribution < -0.4 is 10.5 Å². The first kappa shape index (κ1) is 18.1. The molecule has 0 saturated heterocycles. The molecule has 0 aliphatic rings. The Morgan fingerprint density at radius 1 is 1.12 bits per heavy atom. The predicted octanol–water partition coefficient (Wildman–Crippen LogP) is 3.26. The Kier molecular flexibility index (Phi) is 4.77. The highest BCUT2D eigenvalue weighted by Crippen LogP contribution is 2.31. The number of hydrogen-bond donors (Lipinski definition) is 2. The molecule has 0 aliphatic carbocycles. The Bertz CT molecular complexity index is 898. The van der Waals surface area contributed by atoms with Gasteiger partial charge in [0.2, 0.25) is 5.91 Å². The number of sulfonamides is 1. The standard InChI is InChI=1S/C14H10ClF3N2O3S/c15-12-5-4-9(7-11(12)13(19)21)20-24(22,23)10-3-1-2-8(6-10)14(16,17)18/h1-7,20H,(H2,19,21). The van der Waals surface area contributed by atoms with Crippen LogP contribution in [0.4, 0.5) is 18.9 Å². The quantitative estimate of drug-likeness (QED) is 0.855. The molecule has 2 aromatic carbocycles. The topological polar surface area (TPSA) is 89.3 Å². The van der Waals surface area contributed by atoms with Crippen LogP contribution >= 0.6 is 11.6 Å². The van der Waals surface area contributed by atoms with Crippen molar-refractivity contribution in [3.63, 3.8) is 0 Å². The second-order valence-corrected chi connectivity index (χ2v) is 6.78. The van der Waals surface area contributed by atoms with Gasteiger partial charge in [0.1, 0.15) is 0 Å². The number of benzene rings is 2. The highest BCUT2D eigenvalue weighted by Gasteiger charge is 2.31. The lowest BCUT2D eigenvalue weighted by atomic mass is 10.2. The van der Waals surface area contributed by atoms with Gasteiger partial charge in [-0.05, 0) is 36.4 Å². The molecule has 1 amide bonds. The summed E-state index contributed by atoms with van der Waals surface area (Å²) in [5, 5.41) is 0.0181. The Labute approximate surface area is 140 Å². The molecular formula is C14H10ClF3N2O3S. The second kappa shape index (κ2) is 6.33. The van der Waals surface area contributed by atoms with Gasteiger partial charge < -0.3 is 5.73 Å². The summed E-state index contributed by atoms with van der Waals surface area (Å²) in [6.45, 7) is 0. The molecule has 0 aliphatic heterocycles. The average molecular weight is 379 g/mol. The lowest BCUT2D eigenvalue weighted by molar-refractivity contribution is -0.137. The molecule has 2 rings (SSSR count). The van der Waals surface area contributed by atoms with Crippen LogP contribution in [0.25, 0.3) is 0 Å². The number of nitrogens with two attached hydrogens (primary N) is 1. The number of carbonyl (C=O) groups is 1. The molecule has 128 valence electrons. The number of hydrogen-bond acceptors (Lipinski definition) is 3. The lowest BCUT2D eigenvalue weighted by Gasteiger charge is -2.12. The molecule has 0 radical (unpaired) electrons. The third-order valence-electron chi connectivity index (χ3n) is 2.96. The monoisotopic (exact) mass is 378 g/mol. The number of alkyl halides is 3. The lowest BCUT2D eigenvalue weighted by Crippen LogP contribution is -2.16. The highest BCUT2D eigenvalue weighted by atomic mass is 35.5. The van der Waals surface area contributed by atoms with Gasteiger partial charge in [-0.15, -0.1) is 0 Å². The van der Waals surface area contributed by atoms with Crippen molar-refractivity contribution in [2.45, 2.75) is 11.1 Å². The Balaban J connectivity index is 2.39. The summed E-state index contributed by atoms with van der Waals surface area (Å²) in [5.74, 6) is -0.875. The minimum absolute atomic E-state index is 0.0181. The van der Waals surface area contributed by atoms with E-state index in [9.17, 15) is 26.4 Å². The first-order chi connectivity index (χ1) is 11.0. The zero-order valence-electron chi connectivity index (χ0n) is 11.8. The number of carbonyl (C=O) groups excluding carboxylic acids is 1. The first-order valence-corrected chi connectivity index (χ1v) is 8.16. The van der Waals surface area contributed by atoms with E-state index < -0.39 is 32.6 Å². The number of anilines is 1. The SMILES string of the molecule is NC(=O)c1cc(NS(=O)(=O)c2cccc(C(F)(F)F)c2)ccc1Cl. The van der Waals surface area contributed by atoms with Crippen LogP contribution in [-0.2, 0) is 16.2 Å². The van der Waals surface area contributed by atoms with Gasteiger partial charge in [-0.3, -0.25) is 9.52 Å². The zero-order valence-corrected chi connectivity index (χ0v) is 13.3. The fourth-order valence-electron chi connectivity index (χ4n) is 1.83. The Morgan fingerprint density at radius 3 is 2.38 bits per heavy atom. The molecule has 3 N–H and O–H groups in total. The van der Waals surface area contributed by atoms with Crippen LogP contribution in [0, 0.1) is 0 Å². The summed E-state index contributed by atoms with van der Waals surface area (Å²) in [6.07, 6.45) is -4.68. The summed E-state index contributed by atoms with van der Waals surface area (Å²) >= 11 is 5.75. The minimum atomic E-state index is -4.68. The first-order valence-electron chi connectivity index (χ1n) is 6.30. The van der Waals surface area contributed by atoms with Gasteiger partial charge in [-0.2, -0.15) is 13.2 Å². The second-order valence-electron chi connectivity index (χ2n) is 4.69. The summed E-state index contributed by atoms with van der Waals surface area (Å²) in [7, 11) is -4.30. The van der Waals surface area contributed by atoms with E-state index in [1.165, 1.54) is 12.1 Å². The van der Waals surface area contributed by atoms with Gasteiger partial charge in [-0.25, -0.2) is 8.42 Å². The molecule has 0 unspecified atom stereocenters. The van der Waals surface area contributed by atoms with Crippen molar-refractivity contribution in [2.75, 3.05) is 4.72 Å². The van der Waals surface area contributed by atoms with Crippen molar-refractivity contribution in [3.8, 4) is 0 Å². The molecule has 0 aromatic heterocycles. The molecule has 0 bridgehead atoms. The fourth-order valence-corrected chi connectivity index (χ4v) is 3.14.